The summed E-state index contributed by atoms with van der Waals surface area (Å²) < 4.78 is 22.9. The zero-order valence-electron chi connectivity index (χ0n) is 10.2. The van der Waals surface area contributed by atoms with Gasteiger partial charge in [0, 0.05) is 22.8 Å². The topological polar surface area (TPSA) is 85.1 Å². The molecule has 2 rings (SSSR count). The molecule has 0 bridgehead atoms. The SMILES string of the molecule is NS(=O)(=O)c1cccnc1NCc1ccc(Cl)cc1Cl. The summed E-state index contributed by atoms with van der Waals surface area (Å²) in [6.07, 6.45) is 1.47. The van der Waals surface area contributed by atoms with Gasteiger partial charge in [0.2, 0.25) is 10.0 Å². The molecule has 8 heteroatoms. The summed E-state index contributed by atoms with van der Waals surface area (Å²) in [6.45, 7) is 0.301. The number of pyridine rings is 1. The Labute approximate surface area is 126 Å². The Kier molecular flexibility index (Phi) is 4.49. The lowest BCUT2D eigenvalue weighted by Crippen LogP contribution is -2.16. The Morgan fingerprint density at radius 2 is 2.00 bits per heavy atom. The third-order valence-corrected chi connectivity index (χ3v) is 4.07. The molecule has 3 N–H and O–H groups in total. The van der Waals surface area contributed by atoms with E-state index in [1.54, 1.807) is 18.2 Å². The number of hydrogen-bond donors (Lipinski definition) is 2. The highest BCUT2D eigenvalue weighted by Gasteiger charge is 2.14. The van der Waals surface area contributed by atoms with Gasteiger partial charge in [0.15, 0.2) is 0 Å². The van der Waals surface area contributed by atoms with Gasteiger partial charge in [0.1, 0.15) is 10.7 Å². The molecule has 0 saturated heterocycles. The molecule has 0 atom stereocenters. The maximum absolute atomic E-state index is 11.4. The first kappa shape index (κ1) is 15.1. The Bertz CT molecular complexity index is 735. The first-order chi connectivity index (χ1) is 9.38. The van der Waals surface area contributed by atoms with Crippen LogP contribution in [0.4, 0.5) is 5.82 Å². The molecular formula is C12H11Cl2N3O2S. The van der Waals surface area contributed by atoms with Gasteiger partial charge in [-0.1, -0.05) is 29.3 Å². The van der Waals surface area contributed by atoms with E-state index < -0.39 is 10.0 Å². The van der Waals surface area contributed by atoms with Crippen LogP contribution in [0.3, 0.4) is 0 Å². The molecule has 5 nitrogen and oxygen atoms in total. The zero-order valence-corrected chi connectivity index (χ0v) is 12.5. The van der Waals surface area contributed by atoms with Crippen LogP contribution >= 0.6 is 23.2 Å². The van der Waals surface area contributed by atoms with Crippen LogP contribution in [0, 0.1) is 0 Å². The summed E-state index contributed by atoms with van der Waals surface area (Å²) in [5, 5.41) is 9.04. The van der Waals surface area contributed by atoms with Crippen molar-refractivity contribution in [3.63, 3.8) is 0 Å². The fourth-order valence-corrected chi connectivity index (χ4v) is 2.73. The predicted molar refractivity (Wildman–Crippen MR) is 79.4 cm³/mol. The molecule has 1 heterocycles. The molecule has 0 saturated carbocycles. The van der Waals surface area contributed by atoms with Gasteiger partial charge in [0.05, 0.1) is 0 Å². The fraction of sp³-hybridized carbons (Fsp3) is 0.0833. The minimum absolute atomic E-state index is 0.0647. The summed E-state index contributed by atoms with van der Waals surface area (Å²) in [4.78, 5) is 3.90. The number of nitrogens with two attached hydrogens (primary N) is 1. The third kappa shape index (κ3) is 3.61. The number of hydrogen-bond acceptors (Lipinski definition) is 4. The van der Waals surface area contributed by atoms with Gasteiger partial charge in [0.25, 0.3) is 0 Å². The number of primary sulfonamides is 1. The molecule has 0 aliphatic heterocycles. The van der Waals surface area contributed by atoms with E-state index in [2.05, 4.69) is 10.3 Å². The van der Waals surface area contributed by atoms with Gasteiger partial charge in [-0.25, -0.2) is 18.5 Å². The van der Waals surface area contributed by atoms with Gasteiger partial charge >= 0.3 is 0 Å². The van der Waals surface area contributed by atoms with Crippen molar-refractivity contribution < 1.29 is 8.42 Å². The molecule has 0 unspecified atom stereocenters. The van der Waals surface area contributed by atoms with E-state index in [1.165, 1.54) is 18.3 Å². The number of benzene rings is 1. The Balaban J connectivity index is 2.24. The van der Waals surface area contributed by atoms with Crippen molar-refractivity contribution in [3.05, 3.63) is 52.1 Å². The van der Waals surface area contributed by atoms with Crippen molar-refractivity contribution in [2.45, 2.75) is 11.4 Å². The van der Waals surface area contributed by atoms with E-state index in [1.807, 2.05) is 0 Å². The van der Waals surface area contributed by atoms with E-state index in [9.17, 15) is 8.42 Å². The molecular weight excluding hydrogens is 321 g/mol. The second-order valence-electron chi connectivity index (χ2n) is 3.98. The molecule has 20 heavy (non-hydrogen) atoms. The zero-order chi connectivity index (χ0) is 14.8. The highest BCUT2D eigenvalue weighted by Crippen LogP contribution is 2.23. The lowest BCUT2D eigenvalue weighted by Gasteiger charge is -2.10. The molecule has 0 amide bonds. The van der Waals surface area contributed by atoms with E-state index >= 15 is 0 Å². The van der Waals surface area contributed by atoms with Crippen molar-refractivity contribution in [1.82, 2.24) is 4.98 Å². The third-order valence-electron chi connectivity index (χ3n) is 2.54. The lowest BCUT2D eigenvalue weighted by atomic mass is 10.2. The molecule has 0 aliphatic rings. The molecule has 2 aromatic rings. The quantitative estimate of drug-likeness (QED) is 0.901. The Hall–Kier alpha value is -1.34. The van der Waals surface area contributed by atoms with E-state index in [0.717, 1.165) is 5.56 Å². The number of halogens is 2. The normalized spacial score (nSPS) is 11.3. The molecule has 106 valence electrons. The van der Waals surface area contributed by atoms with Crippen molar-refractivity contribution in [1.29, 1.82) is 0 Å². The highest BCUT2D eigenvalue weighted by atomic mass is 35.5. The van der Waals surface area contributed by atoms with Crippen LogP contribution in [0.2, 0.25) is 10.0 Å². The number of sulfonamides is 1. The fourth-order valence-electron chi connectivity index (χ4n) is 1.60. The molecule has 1 aromatic carbocycles. The minimum atomic E-state index is -3.83. The van der Waals surface area contributed by atoms with Gasteiger partial charge in [-0.2, -0.15) is 0 Å². The number of anilines is 1. The Morgan fingerprint density at radius 3 is 2.65 bits per heavy atom. The highest BCUT2D eigenvalue weighted by molar-refractivity contribution is 7.89. The minimum Gasteiger partial charge on any atom is -0.365 e. The van der Waals surface area contributed by atoms with Crippen LogP contribution in [0.5, 0.6) is 0 Å². The number of nitrogens with zero attached hydrogens (tertiary/aromatic N) is 1. The molecule has 0 aliphatic carbocycles. The van der Waals surface area contributed by atoms with Gasteiger partial charge in [-0.15, -0.1) is 0 Å². The molecule has 1 aromatic heterocycles. The van der Waals surface area contributed by atoms with Gasteiger partial charge < -0.3 is 5.32 Å². The summed E-state index contributed by atoms with van der Waals surface area (Å²) in [6, 6.07) is 7.94. The molecule has 0 fully saturated rings. The molecule has 0 spiro atoms. The summed E-state index contributed by atoms with van der Waals surface area (Å²) in [7, 11) is -3.83. The average Bonchev–Trinajstić information content (AvgIpc) is 2.37. The van der Waals surface area contributed by atoms with Crippen molar-refractivity contribution in [2.24, 2.45) is 5.14 Å². The van der Waals surface area contributed by atoms with Crippen molar-refractivity contribution in [3.8, 4) is 0 Å². The van der Waals surface area contributed by atoms with E-state index in [0.29, 0.717) is 16.6 Å². The van der Waals surface area contributed by atoms with Crippen molar-refractivity contribution >= 4 is 39.0 Å². The van der Waals surface area contributed by atoms with Crippen molar-refractivity contribution in [2.75, 3.05) is 5.32 Å². The number of aromatic nitrogens is 1. The number of rotatable bonds is 4. The number of nitrogens with one attached hydrogen (secondary N) is 1. The average molecular weight is 332 g/mol. The van der Waals surface area contributed by atoms with Gasteiger partial charge in [-0.3, -0.25) is 0 Å². The largest absolute Gasteiger partial charge is 0.365 e. The first-order valence-electron chi connectivity index (χ1n) is 5.53. The predicted octanol–water partition coefficient (Wildman–Crippen LogP) is 2.65. The van der Waals surface area contributed by atoms with Crippen LogP contribution in [0.1, 0.15) is 5.56 Å². The summed E-state index contributed by atoms with van der Waals surface area (Å²) in [5.41, 5.74) is 0.766. The smallest absolute Gasteiger partial charge is 0.241 e. The monoisotopic (exact) mass is 331 g/mol. The van der Waals surface area contributed by atoms with Crippen LogP contribution in [0.15, 0.2) is 41.4 Å². The lowest BCUT2D eigenvalue weighted by molar-refractivity contribution is 0.597. The van der Waals surface area contributed by atoms with Crippen LogP contribution in [-0.2, 0) is 16.6 Å². The molecule has 0 radical (unpaired) electrons. The van der Waals surface area contributed by atoms with E-state index in [4.69, 9.17) is 28.3 Å². The summed E-state index contributed by atoms with van der Waals surface area (Å²) in [5.74, 6) is 0.181. The van der Waals surface area contributed by atoms with Crippen LogP contribution in [0.25, 0.3) is 0 Å². The van der Waals surface area contributed by atoms with Crippen LogP contribution in [-0.4, -0.2) is 13.4 Å². The maximum atomic E-state index is 11.4. The maximum Gasteiger partial charge on any atom is 0.241 e. The summed E-state index contributed by atoms with van der Waals surface area (Å²) >= 11 is 11.8. The second-order valence-corrected chi connectivity index (χ2v) is 6.36. The van der Waals surface area contributed by atoms with Crippen LogP contribution < -0.4 is 10.5 Å². The van der Waals surface area contributed by atoms with E-state index in [-0.39, 0.29) is 10.7 Å². The Morgan fingerprint density at radius 1 is 1.25 bits per heavy atom. The van der Waals surface area contributed by atoms with Gasteiger partial charge in [-0.05, 0) is 29.8 Å². The standard InChI is InChI=1S/C12H11Cl2N3O2S/c13-9-4-3-8(10(14)6-9)7-17-12-11(20(15,18)19)2-1-5-16-12/h1-6H,7H2,(H,16,17)(H2,15,18,19). The second kappa shape index (κ2) is 5.97. The first-order valence-corrected chi connectivity index (χ1v) is 7.84.